The molecule has 13 heavy (non-hydrogen) atoms. The molecule has 1 saturated heterocycles. The normalized spacial score (nSPS) is 26.2. The lowest BCUT2D eigenvalue weighted by Crippen LogP contribution is -2.40. The van der Waals surface area contributed by atoms with E-state index in [2.05, 4.69) is 6.92 Å². The number of nitrogens with zero attached hydrogens (tertiary/aromatic N) is 1. The Kier molecular flexibility index (Phi) is 3.70. The van der Waals surface area contributed by atoms with E-state index < -0.39 is 10.0 Å². The first-order chi connectivity index (χ1) is 6.06. The summed E-state index contributed by atoms with van der Waals surface area (Å²) in [7, 11) is -3.18. The summed E-state index contributed by atoms with van der Waals surface area (Å²) in [5, 5.41) is 8.59. The van der Waals surface area contributed by atoms with Gasteiger partial charge in [0.2, 0.25) is 10.0 Å². The molecular weight excluding hydrogens is 190 g/mol. The highest BCUT2D eigenvalue weighted by atomic mass is 32.2. The van der Waals surface area contributed by atoms with Crippen molar-refractivity contribution in [3.63, 3.8) is 0 Å². The molecule has 1 heterocycles. The molecule has 0 spiro atoms. The van der Waals surface area contributed by atoms with Crippen molar-refractivity contribution >= 4 is 10.0 Å². The highest BCUT2D eigenvalue weighted by Gasteiger charge is 2.26. The summed E-state index contributed by atoms with van der Waals surface area (Å²) >= 11 is 0. The summed E-state index contributed by atoms with van der Waals surface area (Å²) in [5.41, 5.74) is 0. The second-order valence-electron chi connectivity index (χ2n) is 3.65. The average molecular weight is 207 g/mol. The Bertz CT molecular complexity index is 250. The van der Waals surface area contributed by atoms with Gasteiger partial charge in [-0.05, 0) is 18.8 Å². The van der Waals surface area contributed by atoms with Gasteiger partial charge in [0.1, 0.15) is 0 Å². The Morgan fingerprint density at radius 1 is 1.54 bits per heavy atom. The molecule has 0 bridgehead atoms. The predicted molar refractivity (Wildman–Crippen MR) is 50.8 cm³/mol. The van der Waals surface area contributed by atoms with E-state index in [-0.39, 0.29) is 12.4 Å². The van der Waals surface area contributed by atoms with Gasteiger partial charge in [-0.1, -0.05) is 6.92 Å². The van der Waals surface area contributed by atoms with Crippen LogP contribution < -0.4 is 0 Å². The van der Waals surface area contributed by atoms with Gasteiger partial charge in [0.25, 0.3) is 0 Å². The smallest absolute Gasteiger partial charge is 0.216 e. The highest BCUT2D eigenvalue weighted by molar-refractivity contribution is 7.89. The van der Waals surface area contributed by atoms with E-state index in [9.17, 15) is 8.42 Å². The Labute approximate surface area is 79.6 Å². The van der Waals surface area contributed by atoms with Crippen LogP contribution >= 0.6 is 0 Å². The summed E-state index contributed by atoms with van der Waals surface area (Å²) in [5.74, 6) is 0.307. The molecule has 1 aliphatic rings. The Balaban J connectivity index is 2.60. The van der Waals surface area contributed by atoms with Gasteiger partial charge in [0.05, 0.1) is 12.4 Å². The number of hydrogen-bond acceptors (Lipinski definition) is 3. The molecule has 0 aromatic rings. The van der Waals surface area contributed by atoms with Gasteiger partial charge in [0.15, 0.2) is 0 Å². The third-order valence-electron chi connectivity index (χ3n) is 2.36. The minimum atomic E-state index is -3.18. The van der Waals surface area contributed by atoms with Crippen LogP contribution in [-0.4, -0.2) is 43.3 Å². The first kappa shape index (κ1) is 10.9. The van der Waals surface area contributed by atoms with Crippen molar-refractivity contribution < 1.29 is 13.5 Å². The average Bonchev–Trinajstić information content (AvgIpc) is 2.04. The fraction of sp³-hybridized carbons (Fsp3) is 1.00. The minimum absolute atomic E-state index is 0.139. The van der Waals surface area contributed by atoms with Crippen molar-refractivity contribution in [1.82, 2.24) is 4.31 Å². The van der Waals surface area contributed by atoms with E-state index in [0.717, 1.165) is 12.8 Å². The Hall–Kier alpha value is -0.130. The van der Waals surface area contributed by atoms with E-state index in [1.54, 1.807) is 0 Å². The zero-order chi connectivity index (χ0) is 9.90. The molecule has 1 N–H and O–H groups in total. The van der Waals surface area contributed by atoms with Gasteiger partial charge in [-0.15, -0.1) is 0 Å². The standard InChI is InChI=1S/C8H17NO3S/c1-8-3-2-4-9(7-8)13(11,12)6-5-10/h8,10H,2-7H2,1H3. The van der Waals surface area contributed by atoms with E-state index in [1.807, 2.05) is 0 Å². The van der Waals surface area contributed by atoms with Crippen LogP contribution in [-0.2, 0) is 10.0 Å². The van der Waals surface area contributed by atoms with Crippen LogP contribution in [0.2, 0.25) is 0 Å². The largest absolute Gasteiger partial charge is 0.395 e. The number of hydrogen-bond donors (Lipinski definition) is 1. The lowest BCUT2D eigenvalue weighted by molar-refractivity contribution is 0.273. The summed E-state index contributed by atoms with van der Waals surface area (Å²) in [6.45, 7) is 3.00. The number of piperidine rings is 1. The fourth-order valence-electron chi connectivity index (χ4n) is 1.64. The third-order valence-corrected chi connectivity index (χ3v) is 4.18. The lowest BCUT2D eigenvalue weighted by atomic mass is 10.0. The molecule has 1 rings (SSSR count). The molecule has 0 radical (unpaired) electrons. The Morgan fingerprint density at radius 3 is 2.77 bits per heavy atom. The summed E-state index contributed by atoms with van der Waals surface area (Å²) in [6, 6.07) is 0. The maximum atomic E-state index is 11.5. The molecule has 0 aromatic carbocycles. The zero-order valence-corrected chi connectivity index (χ0v) is 8.76. The van der Waals surface area contributed by atoms with Crippen molar-refractivity contribution in [2.24, 2.45) is 5.92 Å². The number of aliphatic hydroxyl groups is 1. The second kappa shape index (κ2) is 4.39. The molecule has 4 nitrogen and oxygen atoms in total. The molecule has 0 aliphatic carbocycles. The monoisotopic (exact) mass is 207 g/mol. The Morgan fingerprint density at radius 2 is 2.23 bits per heavy atom. The first-order valence-electron chi connectivity index (χ1n) is 4.65. The van der Waals surface area contributed by atoms with Gasteiger partial charge in [-0.2, -0.15) is 0 Å². The van der Waals surface area contributed by atoms with Crippen LogP contribution in [0.5, 0.6) is 0 Å². The number of sulfonamides is 1. The highest BCUT2D eigenvalue weighted by Crippen LogP contribution is 2.18. The molecule has 0 aromatic heterocycles. The van der Waals surface area contributed by atoms with Crippen molar-refractivity contribution in [2.75, 3.05) is 25.4 Å². The first-order valence-corrected chi connectivity index (χ1v) is 6.26. The predicted octanol–water partition coefficient (Wildman–Crippen LogP) is 0.0404. The molecule has 1 unspecified atom stereocenters. The SMILES string of the molecule is CC1CCCN(S(=O)(=O)CCO)C1. The van der Waals surface area contributed by atoms with Crippen molar-refractivity contribution in [3.05, 3.63) is 0 Å². The third kappa shape index (κ3) is 2.93. The summed E-state index contributed by atoms with van der Waals surface area (Å²) < 4.78 is 24.5. The van der Waals surface area contributed by atoms with Crippen LogP contribution in [0, 0.1) is 5.92 Å². The molecule has 1 fully saturated rings. The van der Waals surface area contributed by atoms with E-state index in [4.69, 9.17) is 5.11 Å². The quantitative estimate of drug-likeness (QED) is 0.711. The lowest BCUT2D eigenvalue weighted by Gasteiger charge is -2.29. The molecular formula is C8H17NO3S. The number of aliphatic hydroxyl groups excluding tert-OH is 1. The van der Waals surface area contributed by atoms with Gasteiger partial charge in [-0.3, -0.25) is 0 Å². The molecule has 1 atom stereocenters. The molecule has 78 valence electrons. The molecule has 1 aliphatic heterocycles. The van der Waals surface area contributed by atoms with Gasteiger partial charge < -0.3 is 5.11 Å². The van der Waals surface area contributed by atoms with Gasteiger partial charge >= 0.3 is 0 Å². The van der Waals surface area contributed by atoms with Crippen LogP contribution in [0.3, 0.4) is 0 Å². The van der Waals surface area contributed by atoms with E-state index in [1.165, 1.54) is 4.31 Å². The van der Waals surface area contributed by atoms with Crippen molar-refractivity contribution in [2.45, 2.75) is 19.8 Å². The van der Waals surface area contributed by atoms with E-state index >= 15 is 0 Å². The van der Waals surface area contributed by atoms with Crippen molar-refractivity contribution in [1.29, 1.82) is 0 Å². The van der Waals surface area contributed by atoms with Gasteiger partial charge in [0, 0.05) is 13.1 Å². The zero-order valence-electron chi connectivity index (χ0n) is 7.94. The maximum Gasteiger partial charge on any atom is 0.216 e. The summed E-state index contributed by atoms with van der Waals surface area (Å²) in [6.07, 6.45) is 2.04. The topological polar surface area (TPSA) is 57.6 Å². The van der Waals surface area contributed by atoms with Gasteiger partial charge in [-0.25, -0.2) is 12.7 Å². The van der Waals surface area contributed by atoms with Crippen LogP contribution in [0.15, 0.2) is 0 Å². The maximum absolute atomic E-state index is 11.5. The minimum Gasteiger partial charge on any atom is -0.395 e. The van der Waals surface area contributed by atoms with Crippen LogP contribution in [0.25, 0.3) is 0 Å². The van der Waals surface area contributed by atoms with Crippen molar-refractivity contribution in [3.8, 4) is 0 Å². The van der Waals surface area contributed by atoms with Crippen LogP contribution in [0.1, 0.15) is 19.8 Å². The fourth-order valence-corrected chi connectivity index (χ4v) is 3.02. The number of rotatable bonds is 3. The molecule has 0 saturated carbocycles. The molecule has 0 amide bonds. The van der Waals surface area contributed by atoms with E-state index in [0.29, 0.717) is 19.0 Å². The summed E-state index contributed by atoms with van der Waals surface area (Å²) in [4.78, 5) is 0. The van der Waals surface area contributed by atoms with Crippen LogP contribution in [0.4, 0.5) is 0 Å². The second-order valence-corrected chi connectivity index (χ2v) is 5.73. The molecule has 5 heteroatoms.